The van der Waals surface area contributed by atoms with Gasteiger partial charge in [-0.1, -0.05) is 6.07 Å². The molecule has 0 aromatic heterocycles. The Bertz CT molecular complexity index is 1020. The molecule has 8 heteroatoms. The normalized spacial score (nSPS) is 21.6. The summed E-state index contributed by atoms with van der Waals surface area (Å²) >= 11 is 0. The first-order valence-corrected chi connectivity index (χ1v) is 9.80. The van der Waals surface area contributed by atoms with Crippen LogP contribution in [0.15, 0.2) is 18.2 Å². The van der Waals surface area contributed by atoms with E-state index in [9.17, 15) is 4.79 Å². The van der Waals surface area contributed by atoms with Gasteiger partial charge in [-0.25, -0.2) is 0 Å². The summed E-state index contributed by atoms with van der Waals surface area (Å²) in [6.45, 7) is 0.888. The largest absolute Gasteiger partial charge is 0.493 e. The quantitative estimate of drug-likeness (QED) is 0.819. The van der Waals surface area contributed by atoms with Gasteiger partial charge in [0.1, 0.15) is 12.7 Å². The predicted molar refractivity (Wildman–Crippen MR) is 106 cm³/mol. The maximum absolute atomic E-state index is 12.7. The number of nitrogens with one attached hydrogen (secondary N) is 1. The average molecular weight is 413 g/mol. The van der Waals surface area contributed by atoms with Gasteiger partial charge in [-0.3, -0.25) is 4.79 Å². The Kier molecular flexibility index (Phi) is 4.67. The number of Topliss-reactive ketones (excluding diaryl/α,β-unsaturated/α-hetero) is 1. The van der Waals surface area contributed by atoms with Crippen LogP contribution < -0.4 is 29.0 Å². The van der Waals surface area contributed by atoms with Gasteiger partial charge in [0, 0.05) is 5.56 Å². The molecule has 5 rings (SSSR count). The van der Waals surface area contributed by atoms with Crippen LogP contribution in [0.4, 0.5) is 0 Å². The number of rotatable bonds is 4. The first kappa shape index (κ1) is 19.0. The molecule has 0 bridgehead atoms. The van der Waals surface area contributed by atoms with E-state index in [-0.39, 0.29) is 25.2 Å². The van der Waals surface area contributed by atoms with Gasteiger partial charge in [-0.15, -0.1) is 0 Å². The van der Waals surface area contributed by atoms with E-state index in [1.165, 1.54) is 7.11 Å². The Morgan fingerprint density at radius 2 is 1.90 bits per heavy atom. The highest BCUT2D eigenvalue weighted by molar-refractivity contribution is 6.02. The van der Waals surface area contributed by atoms with Crippen LogP contribution in [0.3, 0.4) is 0 Å². The van der Waals surface area contributed by atoms with Crippen LogP contribution in [0.1, 0.15) is 39.2 Å². The number of carbonyl (C=O) groups is 1. The van der Waals surface area contributed by atoms with Crippen LogP contribution in [0.5, 0.6) is 28.7 Å². The van der Waals surface area contributed by atoms with Crippen molar-refractivity contribution in [3.8, 4) is 28.7 Å². The highest BCUT2D eigenvalue weighted by Gasteiger charge is 2.41. The molecule has 2 atom stereocenters. The minimum absolute atomic E-state index is 0.0401. The number of benzene rings is 2. The van der Waals surface area contributed by atoms with E-state index in [2.05, 4.69) is 5.32 Å². The standard InChI is InChI=1S/C22H23NO7/c1-25-14-5-4-12-17(20(14)26-2)13(24)9-28-19(12)18-16-11(6-7-23-18)8-15-21(22(16)27-3)30-10-29-15/h4-5,8,18-19,23H,6-7,9-10H2,1-3H3/t18-,19-/m0/s1. The van der Waals surface area contributed by atoms with Crippen molar-refractivity contribution in [3.63, 3.8) is 0 Å². The summed E-state index contributed by atoms with van der Waals surface area (Å²) in [5.41, 5.74) is 3.34. The molecule has 3 heterocycles. The molecule has 0 radical (unpaired) electrons. The fraction of sp³-hybridized carbons (Fsp3) is 0.409. The van der Waals surface area contributed by atoms with Crippen LogP contribution in [-0.4, -0.2) is 47.1 Å². The Hall–Kier alpha value is -2.97. The molecule has 8 nitrogen and oxygen atoms in total. The smallest absolute Gasteiger partial charge is 0.231 e. The molecule has 30 heavy (non-hydrogen) atoms. The summed E-state index contributed by atoms with van der Waals surface area (Å²) in [6.07, 6.45) is 0.411. The molecular formula is C22H23NO7. The summed E-state index contributed by atoms with van der Waals surface area (Å²) in [6, 6.07) is 5.45. The summed E-state index contributed by atoms with van der Waals surface area (Å²) in [4.78, 5) is 12.7. The Morgan fingerprint density at radius 3 is 2.67 bits per heavy atom. The number of carbonyl (C=O) groups excluding carboxylic acids is 1. The van der Waals surface area contributed by atoms with Crippen molar-refractivity contribution < 1.29 is 33.2 Å². The van der Waals surface area contributed by atoms with E-state index in [0.29, 0.717) is 34.3 Å². The highest BCUT2D eigenvalue weighted by atomic mass is 16.7. The molecule has 3 aliphatic rings. The third-order valence-corrected chi connectivity index (χ3v) is 5.88. The molecule has 0 saturated carbocycles. The Labute approximate surface area is 174 Å². The number of ether oxygens (including phenoxy) is 6. The number of hydrogen-bond donors (Lipinski definition) is 1. The number of ketones is 1. The molecule has 1 N–H and O–H groups in total. The molecule has 0 unspecified atom stereocenters. The van der Waals surface area contributed by atoms with Crippen LogP contribution >= 0.6 is 0 Å². The lowest BCUT2D eigenvalue weighted by Gasteiger charge is -2.37. The number of hydrogen-bond acceptors (Lipinski definition) is 8. The molecule has 0 spiro atoms. The van der Waals surface area contributed by atoms with Gasteiger partial charge in [0.2, 0.25) is 12.5 Å². The minimum Gasteiger partial charge on any atom is -0.493 e. The fourth-order valence-corrected chi connectivity index (χ4v) is 4.62. The maximum atomic E-state index is 12.7. The molecule has 2 aromatic rings. The summed E-state index contributed by atoms with van der Waals surface area (Å²) in [7, 11) is 4.71. The van der Waals surface area contributed by atoms with E-state index in [0.717, 1.165) is 29.7 Å². The maximum Gasteiger partial charge on any atom is 0.231 e. The van der Waals surface area contributed by atoms with Crippen LogP contribution in [0.25, 0.3) is 0 Å². The van der Waals surface area contributed by atoms with Crippen LogP contribution in [-0.2, 0) is 11.2 Å². The summed E-state index contributed by atoms with van der Waals surface area (Å²) in [5.74, 6) is 2.75. The highest BCUT2D eigenvalue weighted by Crippen LogP contribution is 2.52. The van der Waals surface area contributed by atoms with Gasteiger partial charge >= 0.3 is 0 Å². The molecule has 3 aliphatic heterocycles. The molecule has 0 fully saturated rings. The fourth-order valence-electron chi connectivity index (χ4n) is 4.62. The molecule has 0 aliphatic carbocycles. The Morgan fingerprint density at radius 1 is 1.07 bits per heavy atom. The van der Waals surface area contributed by atoms with Crippen molar-refractivity contribution in [2.75, 3.05) is 41.3 Å². The molecule has 2 aromatic carbocycles. The van der Waals surface area contributed by atoms with Crippen molar-refractivity contribution in [1.82, 2.24) is 5.32 Å². The summed E-state index contributed by atoms with van der Waals surface area (Å²) < 4.78 is 34.0. The number of fused-ring (bicyclic) bond motifs is 3. The van der Waals surface area contributed by atoms with Crippen molar-refractivity contribution in [3.05, 3.63) is 40.5 Å². The van der Waals surface area contributed by atoms with E-state index in [1.54, 1.807) is 20.3 Å². The van der Waals surface area contributed by atoms with E-state index >= 15 is 0 Å². The zero-order chi connectivity index (χ0) is 20.8. The van der Waals surface area contributed by atoms with E-state index < -0.39 is 6.10 Å². The van der Waals surface area contributed by atoms with Gasteiger partial charge in [-0.2, -0.15) is 0 Å². The average Bonchev–Trinajstić information content (AvgIpc) is 3.24. The second-order valence-electron chi connectivity index (χ2n) is 7.32. The zero-order valence-corrected chi connectivity index (χ0v) is 17.1. The van der Waals surface area contributed by atoms with Gasteiger partial charge in [-0.05, 0) is 36.2 Å². The van der Waals surface area contributed by atoms with E-state index in [4.69, 9.17) is 28.4 Å². The first-order chi connectivity index (χ1) is 14.7. The van der Waals surface area contributed by atoms with Crippen LogP contribution in [0, 0.1) is 0 Å². The van der Waals surface area contributed by atoms with Gasteiger partial charge in [0.05, 0.1) is 32.9 Å². The second-order valence-corrected chi connectivity index (χ2v) is 7.32. The van der Waals surface area contributed by atoms with Gasteiger partial charge in [0.15, 0.2) is 28.8 Å². The van der Waals surface area contributed by atoms with E-state index in [1.807, 2.05) is 12.1 Å². The summed E-state index contributed by atoms with van der Waals surface area (Å²) in [5, 5.41) is 3.55. The first-order valence-electron chi connectivity index (χ1n) is 9.80. The van der Waals surface area contributed by atoms with Gasteiger partial charge in [0.25, 0.3) is 0 Å². The lowest BCUT2D eigenvalue weighted by Crippen LogP contribution is -2.38. The molecule has 0 saturated heterocycles. The Balaban J connectivity index is 1.66. The zero-order valence-electron chi connectivity index (χ0n) is 17.1. The lowest BCUT2D eigenvalue weighted by molar-refractivity contribution is 0.0145. The van der Waals surface area contributed by atoms with Crippen molar-refractivity contribution in [2.24, 2.45) is 0 Å². The van der Waals surface area contributed by atoms with Crippen molar-refractivity contribution >= 4 is 5.78 Å². The molecular weight excluding hydrogens is 390 g/mol. The number of methoxy groups -OCH3 is 3. The minimum atomic E-state index is -0.411. The third kappa shape index (κ3) is 2.71. The van der Waals surface area contributed by atoms with Crippen molar-refractivity contribution in [1.29, 1.82) is 0 Å². The topological polar surface area (TPSA) is 84.5 Å². The van der Waals surface area contributed by atoms with Gasteiger partial charge < -0.3 is 33.7 Å². The van der Waals surface area contributed by atoms with Crippen LogP contribution in [0.2, 0.25) is 0 Å². The monoisotopic (exact) mass is 413 g/mol. The lowest BCUT2D eigenvalue weighted by atomic mass is 9.84. The predicted octanol–water partition coefficient (Wildman–Crippen LogP) is 2.58. The SMILES string of the molecule is COc1ccc2c(c1OC)C(=O)CO[C@@H]2[C@H]1NCCc2cc3c(c(OC)c21)OCO3. The van der Waals surface area contributed by atoms with Crippen molar-refractivity contribution in [2.45, 2.75) is 18.6 Å². The molecule has 158 valence electrons. The molecule has 0 amide bonds. The second kappa shape index (κ2) is 7.37. The third-order valence-electron chi connectivity index (χ3n) is 5.88.